The normalized spacial score (nSPS) is 11.7. The van der Waals surface area contributed by atoms with E-state index < -0.39 is 23.8 Å². The molecule has 0 unspecified atom stereocenters. The van der Waals surface area contributed by atoms with Crippen LogP contribution in [0.4, 0.5) is 10.1 Å². The largest absolute Gasteiger partial charge is 0.452 e. The molecule has 0 aliphatic carbocycles. The first-order valence-corrected chi connectivity index (χ1v) is 8.29. The number of benzene rings is 2. The molecule has 1 N–H and O–H groups in total. The first-order chi connectivity index (χ1) is 11.8. The maximum absolute atomic E-state index is 13.0. The first-order valence-electron chi connectivity index (χ1n) is 7.15. The Morgan fingerprint density at radius 3 is 2.44 bits per heavy atom. The van der Waals surface area contributed by atoms with Crippen LogP contribution in [0.25, 0.3) is 0 Å². The van der Waals surface area contributed by atoms with Gasteiger partial charge in [-0.05, 0) is 42.8 Å². The van der Waals surface area contributed by atoms with Crippen LogP contribution in [-0.2, 0) is 20.7 Å². The number of anilines is 1. The average molecular weight is 405 g/mol. The number of rotatable bonds is 5. The topological polar surface area (TPSA) is 55.4 Å². The Morgan fingerprint density at radius 2 is 1.80 bits per heavy atom. The molecule has 0 fully saturated rings. The van der Waals surface area contributed by atoms with Crippen LogP contribution in [-0.4, -0.2) is 18.0 Å². The maximum Gasteiger partial charge on any atom is 0.311 e. The van der Waals surface area contributed by atoms with E-state index in [4.69, 9.17) is 39.5 Å². The van der Waals surface area contributed by atoms with Crippen molar-refractivity contribution in [2.45, 2.75) is 19.4 Å². The molecule has 1 atom stereocenters. The Hall–Kier alpha value is -1.82. The van der Waals surface area contributed by atoms with E-state index in [0.717, 1.165) is 12.1 Å². The molecule has 0 aromatic heterocycles. The smallest absolute Gasteiger partial charge is 0.311 e. The van der Waals surface area contributed by atoms with Crippen molar-refractivity contribution in [1.82, 2.24) is 0 Å². The van der Waals surface area contributed by atoms with Gasteiger partial charge in [0.1, 0.15) is 5.82 Å². The molecule has 8 heteroatoms. The fourth-order valence-electron chi connectivity index (χ4n) is 1.93. The lowest BCUT2D eigenvalue weighted by Crippen LogP contribution is -2.30. The Kier molecular flexibility index (Phi) is 6.64. The highest BCUT2D eigenvalue weighted by Gasteiger charge is 2.19. The molecule has 0 heterocycles. The summed E-state index contributed by atoms with van der Waals surface area (Å²) in [4.78, 5) is 24.0. The number of halogens is 4. The van der Waals surface area contributed by atoms with E-state index in [1.807, 2.05) is 0 Å². The third-order valence-corrected chi connectivity index (χ3v) is 4.25. The molecule has 2 aromatic carbocycles. The van der Waals surface area contributed by atoms with E-state index in [1.54, 1.807) is 18.2 Å². The highest BCUT2D eigenvalue weighted by atomic mass is 35.5. The van der Waals surface area contributed by atoms with Crippen LogP contribution in [0.2, 0.25) is 15.1 Å². The van der Waals surface area contributed by atoms with Gasteiger partial charge in [0.05, 0.1) is 27.2 Å². The minimum Gasteiger partial charge on any atom is -0.452 e. The van der Waals surface area contributed by atoms with Gasteiger partial charge in [-0.15, -0.1) is 0 Å². The third-order valence-electron chi connectivity index (χ3n) is 3.20. The minimum absolute atomic E-state index is 0.0442. The highest BCUT2D eigenvalue weighted by Crippen LogP contribution is 2.24. The van der Waals surface area contributed by atoms with E-state index in [2.05, 4.69) is 5.32 Å². The summed E-state index contributed by atoms with van der Waals surface area (Å²) in [6.45, 7) is 1.42. The van der Waals surface area contributed by atoms with Crippen molar-refractivity contribution in [2.24, 2.45) is 0 Å². The predicted octanol–water partition coefficient (Wildman–Crippen LogP) is 4.90. The second kappa shape index (κ2) is 8.52. The number of amides is 1. The molecule has 0 saturated carbocycles. The van der Waals surface area contributed by atoms with E-state index in [1.165, 1.54) is 13.0 Å². The summed E-state index contributed by atoms with van der Waals surface area (Å²) >= 11 is 17.5. The number of carbonyl (C=O) groups excluding carboxylic acids is 2. The summed E-state index contributed by atoms with van der Waals surface area (Å²) < 4.78 is 18.1. The quantitative estimate of drug-likeness (QED) is 0.721. The van der Waals surface area contributed by atoms with Crippen LogP contribution in [0.15, 0.2) is 36.4 Å². The number of hydrogen-bond donors (Lipinski definition) is 1. The van der Waals surface area contributed by atoms with Crippen LogP contribution in [0.3, 0.4) is 0 Å². The number of hydrogen-bond acceptors (Lipinski definition) is 3. The molecule has 0 bridgehead atoms. The molecular formula is C17H13Cl3FNO3. The lowest BCUT2D eigenvalue weighted by atomic mass is 10.1. The fraction of sp³-hybridized carbons (Fsp3) is 0.176. The molecule has 1 amide bonds. The van der Waals surface area contributed by atoms with Crippen molar-refractivity contribution in [3.8, 4) is 0 Å². The summed E-state index contributed by atoms with van der Waals surface area (Å²) in [5.74, 6) is -1.72. The Balaban J connectivity index is 1.93. The zero-order valence-corrected chi connectivity index (χ0v) is 15.3. The molecule has 0 radical (unpaired) electrons. The molecule has 2 rings (SSSR count). The SMILES string of the molecule is C[C@H](OC(=O)Cc1ccc(Cl)c(Cl)c1)C(=O)Nc1ccc(F)cc1Cl. The lowest BCUT2D eigenvalue weighted by molar-refractivity contribution is -0.152. The second-order valence-electron chi connectivity index (χ2n) is 5.17. The van der Waals surface area contributed by atoms with Crippen molar-refractivity contribution in [1.29, 1.82) is 0 Å². The van der Waals surface area contributed by atoms with Crippen LogP contribution in [0, 0.1) is 5.82 Å². The van der Waals surface area contributed by atoms with E-state index in [-0.39, 0.29) is 17.1 Å². The van der Waals surface area contributed by atoms with Crippen molar-refractivity contribution in [3.05, 3.63) is 62.8 Å². The average Bonchev–Trinajstić information content (AvgIpc) is 2.53. The molecule has 0 saturated heterocycles. The zero-order chi connectivity index (χ0) is 18.6. The highest BCUT2D eigenvalue weighted by molar-refractivity contribution is 6.42. The minimum atomic E-state index is -1.06. The van der Waals surface area contributed by atoms with E-state index in [0.29, 0.717) is 15.6 Å². The van der Waals surface area contributed by atoms with Crippen LogP contribution < -0.4 is 5.32 Å². The maximum atomic E-state index is 13.0. The van der Waals surface area contributed by atoms with Gasteiger partial charge in [0.25, 0.3) is 5.91 Å². The van der Waals surface area contributed by atoms with E-state index in [9.17, 15) is 14.0 Å². The van der Waals surface area contributed by atoms with Crippen LogP contribution >= 0.6 is 34.8 Å². The number of nitrogens with one attached hydrogen (secondary N) is 1. The first kappa shape index (κ1) is 19.5. The summed E-state index contributed by atoms with van der Waals surface area (Å²) in [7, 11) is 0. The zero-order valence-electron chi connectivity index (χ0n) is 13.0. The lowest BCUT2D eigenvalue weighted by Gasteiger charge is -2.14. The molecule has 25 heavy (non-hydrogen) atoms. The fourth-order valence-corrected chi connectivity index (χ4v) is 2.47. The molecule has 132 valence electrons. The summed E-state index contributed by atoms with van der Waals surface area (Å²) in [6.07, 6.45) is -1.12. The number of ether oxygens (including phenoxy) is 1. The van der Waals surface area contributed by atoms with Crippen molar-refractivity contribution in [3.63, 3.8) is 0 Å². The van der Waals surface area contributed by atoms with Gasteiger partial charge in [-0.25, -0.2) is 4.39 Å². The Labute approximate surface area is 158 Å². The van der Waals surface area contributed by atoms with Gasteiger partial charge in [0, 0.05) is 0 Å². The standard InChI is InChI=1S/C17H13Cl3FNO3/c1-9(17(24)22-15-5-3-11(21)8-14(15)20)25-16(23)7-10-2-4-12(18)13(19)6-10/h2-6,8-9H,7H2,1H3,(H,22,24)/t9-/m0/s1. The third kappa shape index (κ3) is 5.59. The van der Waals surface area contributed by atoms with Gasteiger partial charge in [0.15, 0.2) is 6.10 Å². The molecule has 4 nitrogen and oxygen atoms in total. The van der Waals surface area contributed by atoms with Crippen molar-refractivity contribution < 1.29 is 18.7 Å². The summed E-state index contributed by atoms with van der Waals surface area (Å²) in [6, 6.07) is 8.30. The molecule has 0 aliphatic heterocycles. The van der Waals surface area contributed by atoms with Gasteiger partial charge >= 0.3 is 5.97 Å². The Bertz CT molecular complexity index is 814. The summed E-state index contributed by atoms with van der Waals surface area (Å²) in [5.41, 5.74) is 0.828. The number of carbonyl (C=O) groups is 2. The number of esters is 1. The monoisotopic (exact) mass is 403 g/mol. The van der Waals surface area contributed by atoms with Crippen molar-refractivity contribution >= 4 is 52.4 Å². The Morgan fingerprint density at radius 1 is 1.08 bits per heavy atom. The van der Waals surface area contributed by atoms with Gasteiger partial charge in [-0.1, -0.05) is 40.9 Å². The van der Waals surface area contributed by atoms with Gasteiger partial charge in [-0.3, -0.25) is 9.59 Å². The second-order valence-corrected chi connectivity index (χ2v) is 6.39. The molecule has 2 aromatic rings. The van der Waals surface area contributed by atoms with Gasteiger partial charge in [-0.2, -0.15) is 0 Å². The molecule has 0 aliphatic rings. The van der Waals surface area contributed by atoms with Gasteiger partial charge in [0.2, 0.25) is 0 Å². The van der Waals surface area contributed by atoms with Crippen LogP contribution in [0.5, 0.6) is 0 Å². The van der Waals surface area contributed by atoms with Crippen molar-refractivity contribution in [2.75, 3.05) is 5.32 Å². The molecule has 0 spiro atoms. The molecular weight excluding hydrogens is 392 g/mol. The summed E-state index contributed by atoms with van der Waals surface area (Å²) in [5, 5.41) is 3.21. The van der Waals surface area contributed by atoms with Gasteiger partial charge < -0.3 is 10.1 Å². The van der Waals surface area contributed by atoms with E-state index >= 15 is 0 Å². The predicted molar refractivity (Wildman–Crippen MR) is 95.8 cm³/mol. The van der Waals surface area contributed by atoms with Crippen LogP contribution in [0.1, 0.15) is 12.5 Å².